The molecule has 0 fully saturated rings. The molecular formula is C15H14Cl2N2Pt. The Kier molecular flexibility index (Phi) is 5.65. The van der Waals surface area contributed by atoms with Crippen molar-refractivity contribution < 1.29 is 16.5 Å². The number of halogens is 2. The molecule has 0 radical (unpaired) electrons. The molecule has 0 saturated heterocycles. The molecule has 0 atom stereocenters. The number of nitrogens with zero attached hydrogens (tertiary/aromatic N) is 1. The number of benzene rings is 2. The first kappa shape index (κ1) is 15.6. The summed E-state index contributed by atoms with van der Waals surface area (Å²) < 4.78 is 0. The van der Waals surface area contributed by atoms with E-state index < -0.39 is 16.5 Å². The van der Waals surface area contributed by atoms with Gasteiger partial charge in [0.2, 0.25) is 0 Å². The van der Waals surface area contributed by atoms with Crippen molar-refractivity contribution in [2.75, 3.05) is 19.4 Å². The molecule has 0 heterocycles. The molecule has 0 amide bonds. The van der Waals surface area contributed by atoms with Crippen LogP contribution in [0.15, 0.2) is 41.4 Å². The second kappa shape index (κ2) is 7.26. The van der Waals surface area contributed by atoms with Gasteiger partial charge in [-0.25, -0.2) is 0 Å². The number of aliphatic imine (C=N–C) groups is 1. The first-order valence-corrected chi connectivity index (χ1v) is 11.6. The van der Waals surface area contributed by atoms with E-state index in [-0.39, 0.29) is 0 Å². The molecule has 5 heteroatoms. The predicted molar refractivity (Wildman–Crippen MR) is 86.7 cm³/mol. The zero-order valence-corrected chi connectivity index (χ0v) is 14.8. The van der Waals surface area contributed by atoms with E-state index in [1.54, 1.807) is 0 Å². The summed E-state index contributed by atoms with van der Waals surface area (Å²) in [4.78, 5) is 4.37. The van der Waals surface area contributed by atoms with Crippen LogP contribution in [0.3, 0.4) is 0 Å². The van der Waals surface area contributed by atoms with Crippen LogP contribution in [0.2, 0.25) is 0 Å². The number of hydrogen-bond donors (Lipinski definition) is 1. The van der Waals surface area contributed by atoms with Gasteiger partial charge in [0.1, 0.15) is 0 Å². The van der Waals surface area contributed by atoms with Crippen molar-refractivity contribution in [3.8, 4) is 0 Å². The van der Waals surface area contributed by atoms with Gasteiger partial charge in [0, 0.05) is 30.7 Å². The van der Waals surface area contributed by atoms with Crippen molar-refractivity contribution >= 4 is 47.1 Å². The third kappa shape index (κ3) is 2.93. The molecule has 0 spiro atoms. The Morgan fingerprint density at radius 2 is 1.85 bits per heavy atom. The van der Waals surface area contributed by atoms with E-state index in [9.17, 15) is 0 Å². The summed E-state index contributed by atoms with van der Waals surface area (Å²) in [7, 11) is 13.5. The van der Waals surface area contributed by atoms with Gasteiger partial charge in [-0.3, -0.25) is 4.99 Å². The summed E-state index contributed by atoms with van der Waals surface area (Å²) in [5.74, 6) is 0. The molecule has 0 bridgehead atoms. The molecule has 20 heavy (non-hydrogen) atoms. The van der Waals surface area contributed by atoms with Gasteiger partial charge in [0.25, 0.3) is 0 Å². The van der Waals surface area contributed by atoms with Crippen LogP contribution in [-0.4, -0.2) is 19.8 Å². The van der Waals surface area contributed by atoms with Gasteiger partial charge in [-0.05, 0) is 23.1 Å². The number of anilines is 1. The second-order valence-electron chi connectivity index (χ2n) is 4.17. The second-order valence-corrected chi connectivity index (χ2v) is 7.45. The Hall–Kier alpha value is -0.822. The van der Waals surface area contributed by atoms with Crippen molar-refractivity contribution in [1.82, 2.24) is 0 Å². The maximum absolute atomic E-state index is 4.88. The number of allylic oxidation sites excluding steroid dienone is 1. The van der Waals surface area contributed by atoms with E-state index in [1.165, 1.54) is 21.9 Å². The van der Waals surface area contributed by atoms with Gasteiger partial charge in [-0.15, -0.1) is 0 Å². The van der Waals surface area contributed by atoms with Crippen molar-refractivity contribution in [1.29, 1.82) is 0 Å². The standard InChI is InChI=1S/C15H14N2.2ClH.Pt/c1-16-12-8-6-10-4-3-5-11-7-9-13(17-2)15(12)14(10)11;;;/h3-9,16H,1-2H3;2*1H;/q;;;+2/p-2. The fourth-order valence-electron chi connectivity index (χ4n) is 2.46. The van der Waals surface area contributed by atoms with Gasteiger partial charge in [0.05, 0.1) is 5.71 Å². The predicted octanol–water partition coefficient (Wildman–Crippen LogP) is 4.70. The number of hydrogen-bond acceptors (Lipinski definition) is 2. The van der Waals surface area contributed by atoms with Gasteiger partial charge in [-0.2, -0.15) is 0 Å². The fourth-order valence-corrected chi connectivity index (χ4v) is 2.46. The molecule has 1 aliphatic rings. The first-order chi connectivity index (χ1) is 9.76. The fraction of sp³-hybridized carbons (Fsp3) is 0.133. The molecular weight excluding hydrogens is 474 g/mol. The topological polar surface area (TPSA) is 24.4 Å². The van der Waals surface area contributed by atoms with Crippen LogP contribution >= 0.6 is 18.8 Å². The maximum atomic E-state index is 4.88. The summed E-state index contributed by atoms with van der Waals surface area (Å²) in [6, 6.07) is 10.7. The van der Waals surface area contributed by atoms with Crippen LogP contribution in [0.5, 0.6) is 0 Å². The molecule has 2 nitrogen and oxygen atoms in total. The molecule has 3 rings (SSSR count). The van der Waals surface area contributed by atoms with Gasteiger partial charge >= 0.3 is 35.3 Å². The molecule has 1 aliphatic carbocycles. The average molecular weight is 488 g/mol. The van der Waals surface area contributed by atoms with Gasteiger partial charge in [0.15, 0.2) is 0 Å². The molecule has 0 saturated carbocycles. The Bertz CT molecular complexity index is 681. The van der Waals surface area contributed by atoms with Crippen molar-refractivity contribution in [3.63, 3.8) is 0 Å². The van der Waals surface area contributed by atoms with Crippen molar-refractivity contribution in [3.05, 3.63) is 47.5 Å². The normalized spacial score (nSPS) is 14.3. The van der Waals surface area contributed by atoms with E-state index in [0.29, 0.717) is 0 Å². The minimum atomic E-state index is -0.472. The third-order valence-corrected chi connectivity index (χ3v) is 3.26. The van der Waals surface area contributed by atoms with E-state index in [2.05, 4.69) is 52.8 Å². The zero-order valence-electron chi connectivity index (χ0n) is 11.1. The van der Waals surface area contributed by atoms with E-state index in [4.69, 9.17) is 18.8 Å². The molecule has 0 unspecified atom stereocenters. The summed E-state index contributed by atoms with van der Waals surface area (Å²) in [6.45, 7) is 0. The Balaban J connectivity index is 0.000000452. The van der Waals surface area contributed by atoms with Crippen LogP contribution in [-0.2, 0) is 16.5 Å². The summed E-state index contributed by atoms with van der Waals surface area (Å²) >= 11 is -0.472. The van der Waals surface area contributed by atoms with Crippen molar-refractivity contribution in [2.24, 2.45) is 4.99 Å². The molecule has 0 aliphatic heterocycles. The minimum absolute atomic E-state index is 0.472. The van der Waals surface area contributed by atoms with Crippen LogP contribution in [0, 0.1) is 0 Å². The Labute approximate surface area is 135 Å². The third-order valence-electron chi connectivity index (χ3n) is 3.26. The van der Waals surface area contributed by atoms with Crippen LogP contribution in [0.25, 0.3) is 16.8 Å². The van der Waals surface area contributed by atoms with Crippen LogP contribution in [0.4, 0.5) is 5.69 Å². The number of rotatable bonds is 1. The Morgan fingerprint density at radius 3 is 2.50 bits per heavy atom. The first-order valence-electron chi connectivity index (χ1n) is 5.98. The van der Waals surface area contributed by atoms with Crippen molar-refractivity contribution in [2.45, 2.75) is 0 Å². The number of nitrogens with one attached hydrogen (secondary N) is 1. The Morgan fingerprint density at radius 1 is 1.10 bits per heavy atom. The molecule has 0 aromatic heterocycles. The van der Waals surface area contributed by atoms with E-state index in [0.717, 1.165) is 11.4 Å². The van der Waals surface area contributed by atoms with Gasteiger partial charge < -0.3 is 5.32 Å². The molecule has 108 valence electrons. The zero-order chi connectivity index (χ0) is 14.5. The van der Waals surface area contributed by atoms with Gasteiger partial charge in [-0.1, -0.05) is 30.3 Å². The quantitative estimate of drug-likeness (QED) is 0.619. The van der Waals surface area contributed by atoms with Crippen LogP contribution in [0.1, 0.15) is 11.1 Å². The summed E-state index contributed by atoms with van der Waals surface area (Å²) in [5, 5.41) is 5.81. The monoisotopic (exact) mass is 487 g/mol. The molecule has 2 aromatic carbocycles. The van der Waals surface area contributed by atoms with Crippen LogP contribution < -0.4 is 5.32 Å². The summed E-state index contributed by atoms with van der Waals surface area (Å²) in [6.07, 6.45) is 4.22. The summed E-state index contributed by atoms with van der Waals surface area (Å²) in [5.41, 5.74) is 4.65. The van der Waals surface area contributed by atoms with E-state index in [1.807, 2.05) is 14.1 Å². The van der Waals surface area contributed by atoms with E-state index >= 15 is 0 Å². The SMILES string of the molecule is CN=C1C=Cc2cccc3ccc(NC)c1c23.[Cl][Pt][Cl]. The molecule has 2 aromatic rings. The average Bonchev–Trinajstić information content (AvgIpc) is 2.49. The molecule has 1 N–H and O–H groups in total.